The first-order valence-corrected chi connectivity index (χ1v) is 18.9. The molecule has 1 N–H and O–H groups in total. The average Bonchev–Trinajstić information content (AvgIpc) is 3.76. The van der Waals surface area contributed by atoms with Crippen molar-refractivity contribution in [3.05, 3.63) is 157 Å². The zero-order chi connectivity index (χ0) is 38.1. The summed E-state index contributed by atoms with van der Waals surface area (Å²) in [5.74, 6) is 0.118. The van der Waals surface area contributed by atoms with Crippen LogP contribution in [0.4, 0.5) is 0 Å². The quantitative estimate of drug-likeness (QED) is 0.192. The molecule has 55 heavy (non-hydrogen) atoms. The van der Waals surface area contributed by atoms with Crippen LogP contribution in [0.25, 0.3) is 83.7 Å². The van der Waals surface area contributed by atoms with Gasteiger partial charge in [-0.25, -0.2) is 9.97 Å². The summed E-state index contributed by atoms with van der Waals surface area (Å²) in [7, 11) is 0. The normalized spacial score (nSPS) is 12.3. The molecule has 0 fully saturated rings. The molecule has 4 heterocycles. The van der Waals surface area contributed by atoms with Crippen molar-refractivity contribution in [2.24, 2.45) is 0 Å². The molecule has 0 atom stereocenters. The van der Waals surface area contributed by atoms with Gasteiger partial charge in [0.25, 0.3) is 0 Å². The molecule has 0 aliphatic heterocycles. The van der Waals surface area contributed by atoms with E-state index in [2.05, 4.69) is 137 Å². The van der Waals surface area contributed by atoms with Crippen molar-refractivity contribution in [1.82, 2.24) is 14.4 Å². The molecule has 0 bridgehead atoms. The van der Waals surface area contributed by atoms with Crippen molar-refractivity contribution < 1.29 is 9.52 Å². The van der Waals surface area contributed by atoms with E-state index < -0.39 is 0 Å². The summed E-state index contributed by atoms with van der Waals surface area (Å²) in [6, 6.07) is 47.9. The molecular weight excluding hydrogens is 675 g/mol. The van der Waals surface area contributed by atoms with Crippen LogP contribution in [-0.4, -0.2) is 19.5 Å². The fourth-order valence-corrected chi connectivity index (χ4v) is 7.55. The molecule has 9 aromatic rings. The van der Waals surface area contributed by atoms with E-state index in [1.54, 1.807) is 6.07 Å². The molecule has 5 nitrogen and oxygen atoms in total. The number of benzene rings is 5. The van der Waals surface area contributed by atoms with Gasteiger partial charge in [0.15, 0.2) is 0 Å². The highest BCUT2D eigenvalue weighted by Crippen LogP contribution is 2.43. The predicted octanol–water partition coefficient (Wildman–Crippen LogP) is 13.3. The number of rotatable bonds is 5. The summed E-state index contributed by atoms with van der Waals surface area (Å²) in [5, 5.41) is 13.5. The van der Waals surface area contributed by atoms with E-state index in [9.17, 15) is 5.11 Å². The van der Waals surface area contributed by atoms with E-state index in [0.717, 1.165) is 66.9 Å². The SMILES string of the molecule is CC(C)(C)c1cc(-c2cc(-c3cccc(-c4nc5ccccn5c4-c4ccccc4)c3)nc(-c3c(O)ccc4c3oc3ccccc34)c2)cc(C(C)(C)C)c1. The fourth-order valence-electron chi connectivity index (χ4n) is 7.55. The van der Waals surface area contributed by atoms with Crippen LogP contribution >= 0.6 is 0 Å². The second kappa shape index (κ2) is 12.8. The Labute approximate surface area is 321 Å². The lowest BCUT2D eigenvalue weighted by molar-refractivity contribution is 0.477. The number of para-hydroxylation sites is 1. The van der Waals surface area contributed by atoms with Crippen molar-refractivity contribution in [1.29, 1.82) is 0 Å². The van der Waals surface area contributed by atoms with Crippen LogP contribution < -0.4 is 0 Å². The Balaban J connectivity index is 1.30. The molecule has 5 aromatic carbocycles. The first-order chi connectivity index (χ1) is 26.4. The van der Waals surface area contributed by atoms with Gasteiger partial charge in [0.05, 0.1) is 28.3 Å². The van der Waals surface area contributed by atoms with Gasteiger partial charge in [0.2, 0.25) is 0 Å². The maximum atomic E-state index is 11.6. The van der Waals surface area contributed by atoms with Crippen LogP contribution in [0, 0.1) is 0 Å². The van der Waals surface area contributed by atoms with Crippen LogP contribution in [0.2, 0.25) is 0 Å². The number of hydrogen-bond donors (Lipinski definition) is 1. The zero-order valence-electron chi connectivity index (χ0n) is 32.1. The van der Waals surface area contributed by atoms with Crippen LogP contribution in [0.1, 0.15) is 52.7 Å². The molecule has 4 aromatic heterocycles. The van der Waals surface area contributed by atoms with E-state index in [0.29, 0.717) is 16.8 Å². The van der Waals surface area contributed by atoms with Gasteiger partial charge in [0.1, 0.15) is 22.6 Å². The number of hydrogen-bond acceptors (Lipinski definition) is 4. The van der Waals surface area contributed by atoms with E-state index in [1.807, 2.05) is 48.5 Å². The molecule has 0 aliphatic rings. The summed E-state index contributed by atoms with van der Waals surface area (Å²) >= 11 is 0. The minimum Gasteiger partial charge on any atom is -0.507 e. The van der Waals surface area contributed by atoms with E-state index in [1.165, 1.54) is 11.1 Å². The second-order valence-electron chi connectivity index (χ2n) is 16.5. The number of furan rings is 1. The number of nitrogens with zero attached hydrogens (tertiary/aromatic N) is 3. The van der Waals surface area contributed by atoms with Gasteiger partial charge in [-0.15, -0.1) is 0 Å². The number of phenols is 1. The Bertz CT molecular complexity index is 2870. The highest BCUT2D eigenvalue weighted by molar-refractivity contribution is 6.10. The van der Waals surface area contributed by atoms with Gasteiger partial charge in [-0.2, -0.15) is 0 Å². The summed E-state index contributed by atoms with van der Waals surface area (Å²) in [6.45, 7) is 13.6. The smallest absolute Gasteiger partial charge is 0.148 e. The fraction of sp³-hybridized carbons (Fsp3) is 0.160. The average molecular weight is 718 g/mol. The first-order valence-electron chi connectivity index (χ1n) is 18.9. The van der Waals surface area contributed by atoms with Crippen molar-refractivity contribution >= 4 is 27.6 Å². The second-order valence-corrected chi connectivity index (χ2v) is 16.5. The lowest BCUT2D eigenvalue weighted by atomic mass is 9.79. The number of aromatic nitrogens is 3. The van der Waals surface area contributed by atoms with Gasteiger partial charge < -0.3 is 9.52 Å². The molecule has 0 aliphatic carbocycles. The van der Waals surface area contributed by atoms with Gasteiger partial charge >= 0.3 is 0 Å². The summed E-state index contributed by atoms with van der Waals surface area (Å²) in [5.41, 5.74) is 13.7. The topological polar surface area (TPSA) is 63.6 Å². The Hall–Kier alpha value is -6.46. The van der Waals surface area contributed by atoms with E-state index >= 15 is 0 Å². The van der Waals surface area contributed by atoms with Crippen LogP contribution in [0.15, 0.2) is 150 Å². The molecule has 0 amide bonds. The van der Waals surface area contributed by atoms with E-state index in [-0.39, 0.29) is 16.6 Å². The third-order valence-corrected chi connectivity index (χ3v) is 10.6. The Morgan fingerprint density at radius 3 is 1.95 bits per heavy atom. The molecule has 5 heteroatoms. The first kappa shape index (κ1) is 34.3. The minimum absolute atomic E-state index is 0.0638. The lowest BCUT2D eigenvalue weighted by Crippen LogP contribution is -2.16. The molecule has 270 valence electrons. The number of phenolic OH excluding ortho intramolecular Hbond substituents is 1. The monoisotopic (exact) mass is 717 g/mol. The molecule has 0 unspecified atom stereocenters. The van der Waals surface area contributed by atoms with Crippen LogP contribution in [-0.2, 0) is 10.8 Å². The maximum Gasteiger partial charge on any atom is 0.148 e. The van der Waals surface area contributed by atoms with Crippen molar-refractivity contribution in [2.45, 2.75) is 52.4 Å². The Morgan fingerprint density at radius 1 is 0.527 bits per heavy atom. The number of pyridine rings is 2. The molecule has 0 spiro atoms. The Morgan fingerprint density at radius 2 is 1.18 bits per heavy atom. The van der Waals surface area contributed by atoms with Crippen LogP contribution in [0.5, 0.6) is 5.75 Å². The van der Waals surface area contributed by atoms with Gasteiger partial charge in [-0.3, -0.25) is 4.40 Å². The molecule has 0 saturated heterocycles. The number of aromatic hydroxyl groups is 1. The van der Waals surface area contributed by atoms with Gasteiger partial charge in [-0.1, -0.05) is 133 Å². The maximum absolute atomic E-state index is 11.6. The molecule has 0 radical (unpaired) electrons. The minimum atomic E-state index is -0.0638. The van der Waals surface area contributed by atoms with Gasteiger partial charge in [0, 0.05) is 33.7 Å². The molecular formula is C50H43N3O2. The zero-order valence-corrected chi connectivity index (χ0v) is 32.1. The predicted molar refractivity (Wildman–Crippen MR) is 227 cm³/mol. The van der Waals surface area contributed by atoms with Crippen molar-refractivity contribution in [2.75, 3.05) is 0 Å². The van der Waals surface area contributed by atoms with Crippen molar-refractivity contribution in [3.8, 4) is 61.9 Å². The highest BCUT2D eigenvalue weighted by Gasteiger charge is 2.24. The third kappa shape index (κ3) is 6.16. The Kier molecular flexibility index (Phi) is 8.01. The summed E-state index contributed by atoms with van der Waals surface area (Å²) in [6.07, 6.45) is 2.07. The largest absolute Gasteiger partial charge is 0.507 e. The summed E-state index contributed by atoms with van der Waals surface area (Å²) in [4.78, 5) is 10.5. The number of fused-ring (bicyclic) bond motifs is 4. The number of imidazole rings is 1. The lowest BCUT2D eigenvalue weighted by Gasteiger charge is -2.26. The van der Waals surface area contributed by atoms with Gasteiger partial charge in [-0.05, 0) is 81.6 Å². The van der Waals surface area contributed by atoms with Crippen LogP contribution in [0.3, 0.4) is 0 Å². The highest BCUT2D eigenvalue weighted by atomic mass is 16.3. The third-order valence-electron chi connectivity index (χ3n) is 10.6. The molecule has 9 rings (SSSR count). The van der Waals surface area contributed by atoms with E-state index in [4.69, 9.17) is 14.4 Å². The standard InChI is InChI=1S/C50H43N3O2/c1-49(2,3)36-26-34(27-37(30-36)50(4,5)6)35-28-40(51-41(29-35)45-42(54)23-22-39-38-19-10-11-20-43(38)55-48(39)45)32-17-14-18-33(25-32)46-47(31-15-8-7-9-16-31)53-24-13-12-21-44(53)52-46/h7-30,54H,1-6H3. The van der Waals surface area contributed by atoms with Crippen molar-refractivity contribution in [3.63, 3.8) is 0 Å². The summed E-state index contributed by atoms with van der Waals surface area (Å²) < 4.78 is 8.64. The molecule has 0 saturated carbocycles.